The molecule has 2 aromatic carbocycles. The molecule has 0 aliphatic heterocycles. The Morgan fingerprint density at radius 3 is 2.60 bits per heavy atom. The van der Waals surface area contributed by atoms with E-state index in [1.165, 1.54) is 6.21 Å². The first-order valence-corrected chi connectivity index (χ1v) is 6.30. The van der Waals surface area contributed by atoms with Gasteiger partial charge < -0.3 is 4.74 Å². The van der Waals surface area contributed by atoms with Gasteiger partial charge in [0.2, 0.25) is 0 Å². The fraction of sp³-hybridized carbons (Fsp3) is 0.0667. The third-order valence-electron chi connectivity index (χ3n) is 2.62. The van der Waals surface area contributed by atoms with E-state index in [9.17, 15) is 4.79 Å². The summed E-state index contributed by atoms with van der Waals surface area (Å²) in [6, 6.07) is 14.0. The minimum absolute atomic E-state index is 0.298. The summed E-state index contributed by atoms with van der Waals surface area (Å²) in [5, 5.41) is 4.49. The molecule has 1 amide bonds. The van der Waals surface area contributed by atoms with Crippen LogP contribution in [0.2, 0.25) is 5.02 Å². The van der Waals surface area contributed by atoms with Gasteiger partial charge in [-0.15, -0.1) is 0 Å². The molecule has 0 aromatic heterocycles. The predicted molar refractivity (Wildman–Crippen MR) is 79.5 cm³/mol. The maximum atomic E-state index is 11.8. The molecule has 0 radical (unpaired) electrons. The van der Waals surface area contributed by atoms with Gasteiger partial charge in [-0.1, -0.05) is 23.7 Å². The van der Waals surface area contributed by atoms with Gasteiger partial charge in [0, 0.05) is 16.1 Å². The maximum Gasteiger partial charge on any atom is 0.271 e. The first-order chi connectivity index (χ1) is 9.70. The van der Waals surface area contributed by atoms with Crippen molar-refractivity contribution < 1.29 is 9.53 Å². The van der Waals surface area contributed by atoms with Crippen LogP contribution in [0.25, 0.3) is 0 Å². The first kappa shape index (κ1) is 14.1. The average Bonchev–Trinajstić information content (AvgIpc) is 2.48. The van der Waals surface area contributed by atoms with E-state index in [2.05, 4.69) is 10.5 Å². The smallest absolute Gasteiger partial charge is 0.271 e. The zero-order valence-corrected chi connectivity index (χ0v) is 11.6. The number of para-hydroxylation sites is 1. The molecular weight excluding hydrogens is 276 g/mol. The SMILES string of the molecule is COc1ccccc1/C=N/NC(=O)c1ccc(Cl)cc1. The molecule has 0 fully saturated rings. The zero-order chi connectivity index (χ0) is 14.4. The molecule has 0 saturated carbocycles. The van der Waals surface area contributed by atoms with Crippen molar-refractivity contribution in [2.45, 2.75) is 0 Å². The van der Waals surface area contributed by atoms with Crippen molar-refractivity contribution in [3.05, 3.63) is 64.7 Å². The van der Waals surface area contributed by atoms with Gasteiger partial charge in [-0.2, -0.15) is 5.10 Å². The quantitative estimate of drug-likeness (QED) is 0.694. The van der Waals surface area contributed by atoms with E-state index in [-0.39, 0.29) is 5.91 Å². The molecule has 0 bridgehead atoms. The van der Waals surface area contributed by atoms with Crippen molar-refractivity contribution in [3.63, 3.8) is 0 Å². The van der Waals surface area contributed by atoms with Crippen LogP contribution in [-0.2, 0) is 0 Å². The molecule has 0 heterocycles. The third-order valence-corrected chi connectivity index (χ3v) is 2.87. The standard InChI is InChI=1S/C15H13ClN2O2/c1-20-14-5-3-2-4-12(14)10-17-18-15(19)11-6-8-13(16)9-7-11/h2-10H,1H3,(H,18,19)/b17-10+. The number of nitrogens with one attached hydrogen (secondary N) is 1. The molecular formula is C15H13ClN2O2. The highest BCUT2D eigenvalue weighted by Crippen LogP contribution is 2.14. The van der Waals surface area contributed by atoms with Gasteiger partial charge in [0.15, 0.2) is 0 Å². The van der Waals surface area contributed by atoms with Crippen LogP contribution in [0, 0.1) is 0 Å². The Hall–Kier alpha value is -2.33. The number of carbonyl (C=O) groups is 1. The number of amides is 1. The van der Waals surface area contributed by atoms with E-state index in [1.54, 1.807) is 31.4 Å². The second-order valence-corrected chi connectivity index (χ2v) is 4.38. The Morgan fingerprint density at radius 1 is 1.20 bits per heavy atom. The lowest BCUT2D eigenvalue weighted by Crippen LogP contribution is -2.17. The molecule has 2 rings (SSSR count). The number of hydrogen-bond acceptors (Lipinski definition) is 3. The normalized spacial score (nSPS) is 10.5. The van der Waals surface area contributed by atoms with E-state index < -0.39 is 0 Å². The molecule has 0 aliphatic carbocycles. The summed E-state index contributed by atoms with van der Waals surface area (Å²) in [7, 11) is 1.58. The number of hydrogen-bond donors (Lipinski definition) is 1. The van der Waals surface area contributed by atoms with Gasteiger partial charge in [0.05, 0.1) is 13.3 Å². The van der Waals surface area contributed by atoms with Crippen molar-refractivity contribution >= 4 is 23.7 Å². The number of rotatable bonds is 4. The second-order valence-electron chi connectivity index (χ2n) is 3.95. The molecule has 0 unspecified atom stereocenters. The number of halogens is 1. The van der Waals surface area contributed by atoms with Crippen molar-refractivity contribution in [2.75, 3.05) is 7.11 Å². The van der Waals surface area contributed by atoms with E-state index in [1.807, 2.05) is 24.3 Å². The summed E-state index contributed by atoms with van der Waals surface area (Å²) in [4.78, 5) is 11.8. The van der Waals surface area contributed by atoms with E-state index in [0.29, 0.717) is 16.3 Å². The van der Waals surface area contributed by atoms with Crippen LogP contribution in [0.3, 0.4) is 0 Å². The molecule has 2 aromatic rings. The molecule has 4 nitrogen and oxygen atoms in total. The molecule has 1 N–H and O–H groups in total. The number of ether oxygens (including phenoxy) is 1. The lowest BCUT2D eigenvalue weighted by atomic mass is 10.2. The highest BCUT2D eigenvalue weighted by atomic mass is 35.5. The van der Waals surface area contributed by atoms with Crippen LogP contribution in [0.15, 0.2) is 53.6 Å². The summed E-state index contributed by atoms with van der Waals surface area (Å²) in [6.45, 7) is 0. The third kappa shape index (κ3) is 3.59. The minimum atomic E-state index is -0.298. The highest BCUT2D eigenvalue weighted by Gasteiger charge is 2.03. The lowest BCUT2D eigenvalue weighted by Gasteiger charge is -2.03. The van der Waals surface area contributed by atoms with Crippen molar-refractivity contribution in [1.29, 1.82) is 0 Å². The number of hydrazone groups is 1. The molecule has 0 aliphatic rings. The minimum Gasteiger partial charge on any atom is -0.496 e. The van der Waals surface area contributed by atoms with Crippen LogP contribution >= 0.6 is 11.6 Å². The maximum absolute atomic E-state index is 11.8. The number of benzene rings is 2. The van der Waals surface area contributed by atoms with Gasteiger partial charge in [0.1, 0.15) is 5.75 Å². The first-order valence-electron chi connectivity index (χ1n) is 5.92. The summed E-state index contributed by atoms with van der Waals surface area (Å²) < 4.78 is 5.18. The van der Waals surface area contributed by atoms with E-state index in [0.717, 1.165) is 5.56 Å². The highest BCUT2D eigenvalue weighted by molar-refractivity contribution is 6.30. The van der Waals surface area contributed by atoms with Crippen LogP contribution in [0.1, 0.15) is 15.9 Å². The van der Waals surface area contributed by atoms with Crippen LogP contribution in [-0.4, -0.2) is 19.2 Å². The van der Waals surface area contributed by atoms with Gasteiger partial charge in [-0.3, -0.25) is 4.79 Å². The molecule has 0 atom stereocenters. The number of nitrogens with zero attached hydrogens (tertiary/aromatic N) is 1. The average molecular weight is 289 g/mol. The summed E-state index contributed by atoms with van der Waals surface area (Å²) in [5.74, 6) is 0.393. The van der Waals surface area contributed by atoms with Gasteiger partial charge in [-0.05, 0) is 36.4 Å². The van der Waals surface area contributed by atoms with Crippen molar-refractivity contribution in [1.82, 2.24) is 5.43 Å². The van der Waals surface area contributed by atoms with Crippen molar-refractivity contribution in [2.24, 2.45) is 5.10 Å². The lowest BCUT2D eigenvalue weighted by molar-refractivity contribution is 0.0955. The Balaban J connectivity index is 2.02. The summed E-state index contributed by atoms with van der Waals surface area (Å²) in [6.07, 6.45) is 1.53. The molecule has 20 heavy (non-hydrogen) atoms. The summed E-state index contributed by atoms with van der Waals surface area (Å²) in [5.41, 5.74) is 3.73. The van der Waals surface area contributed by atoms with Gasteiger partial charge in [0.25, 0.3) is 5.91 Å². The number of methoxy groups -OCH3 is 1. The Labute approximate surface area is 122 Å². The molecule has 102 valence electrons. The van der Waals surface area contributed by atoms with Crippen LogP contribution in [0.4, 0.5) is 0 Å². The van der Waals surface area contributed by atoms with E-state index in [4.69, 9.17) is 16.3 Å². The fourth-order valence-electron chi connectivity index (χ4n) is 1.60. The molecule has 0 spiro atoms. The largest absolute Gasteiger partial charge is 0.496 e. The summed E-state index contributed by atoms with van der Waals surface area (Å²) >= 11 is 5.76. The van der Waals surface area contributed by atoms with Crippen LogP contribution < -0.4 is 10.2 Å². The molecule has 5 heteroatoms. The topological polar surface area (TPSA) is 50.7 Å². The Kier molecular flexibility index (Phi) is 4.74. The zero-order valence-electron chi connectivity index (χ0n) is 10.8. The number of carbonyl (C=O) groups excluding carboxylic acids is 1. The Morgan fingerprint density at radius 2 is 1.90 bits per heavy atom. The van der Waals surface area contributed by atoms with Gasteiger partial charge in [-0.25, -0.2) is 5.43 Å². The van der Waals surface area contributed by atoms with Gasteiger partial charge >= 0.3 is 0 Å². The van der Waals surface area contributed by atoms with Crippen LogP contribution in [0.5, 0.6) is 5.75 Å². The fourth-order valence-corrected chi connectivity index (χ4v) is 1.73. The monoisotopic (exact) mass is 288 g/mol. The molecule has 0 saturated heterocycles. The second kappa shape index (κ2) is 6.73. The predicted octanol–water partition coefficient (Wildman–Crippen LogP) is 3.11. The van der Waals surface area contributed by atoms with E-state index >= 15 is 0 Å². The Bertz CT molecular complexity index is 624. The van der Waals surface area contributed by atoms with Crippen molar-refractivity contribution in [3.8, 4) is 5.75 Å².